The fourth-order valence-corrected chi connectivity index (χ4v) is 3.42. The lowest BCUT2D eigenvalue weighted by atomic mass is 10.1. The van der Waals surface area contributed by atoms with Crippen LogP contribution in [0, 0.1) is 0 Å². The normalized spacial score (nSPS) is 21.2. The largest absolute Gasteiger partial charge is 0.365 e. The Kier molecular flexibility index (Phi) is 3.61. The van der Waals surface area contributed by atoms with Crippen molar-refractivity contribution in [1.29, 1.82) is 0 Å². The Bertz CT molecular complexity index is 529. The second-order valence-corrected chi connectivity index (χ2v) is 5.73. The van der Waals surface area contributed by atoms with Gasteiger partial charge in [0.05, 0.1) is 5.56 Å². The maximum Gasteiger partial charge on any atom is 0.252 e. The molecule has 0 saturated carbocycles. The Morgan fingerprint density at radius 3 is 3.10 bits per heavy atom. The third-order valence-electron chi connectivity index (χ3n) is 4.39. The van der Waals surface area contributed by atoms with Crippen LogP contribution in [-0.4, -0.2) is 37.1 Å². The lowest BCUT2D eigenvalue weighted by Gasteiger charge is -2.27. The summed E-state index contributed by atoms with van der Waals surface area (Å²) in [7, 11) is 1.96. The van der Waals surface area contributed by atoms with Gasteiger partial charge in [0.15, 0.2) is 0 Å². The van der Waals surface area contributed by atoms with Crippen LogP contribution in [0.5, 0.6) is 0 Å². The first-order valence-electron chi connectivity index (χ1n) is 7.44. The molecule has 1 amide bonds. The van der Waals surface area contributed by atoms with Crippen LogP contribution in [0.15, 0.2) is 6.07 Å². The number of anilines is 1. The monoisotopic (exact) mass is 274 g/mol. The lowest BCUT2D eigenvalue weighted by Crippen LogP contribution is -2.38. The number of nitrogens with zero attached hydrogens (tertiary/aromatic N) is 2. The molecule has 5 nitrogen and oxygen atoms in total. The number of fused-ring (bicyclic) bond motifs is 1. The number of amides is 1. The highest BCUT2D eigenvalue weighted by molar-refractivity contribution is 5.98. The molecule has 1 atom stereocenters. The first-order valence-corrected chi connectivity index (χ1v) is 7.44. The van der Waals surface area contributed by atoms with Gasteiger partial charge in [-0.15, -0.1) is 0 Å². The molecular formula is C15H22N4O. The van der Waals surface area contributed by atoms with Gasteiger partial charge >= 0.3 is 0 Å². The standard InChI is InChI=1S/C15H22N4O/c1-17-9-11-5-3-7-19(11)15-12(14(16)20)8-10-4-2-6-13(10)18-15/h8,11,17H,2-7,9H2,1H3,(H2,16,20). The molecule has 0 aromatic carbocycles. The Labute approximate surface area is 119 Å². The zero-order chi connectivity index (χ0) is 14.1. The number of pyridine rings is 1. The summed E-state index contributed by atoms with van der Waals surface area (Å²) in [4.78, 5) is 18.8. The Morgan fingerprint density at radius 1 is 1.50 bits per heavy atom. The van der Waals surface area contributed by atoms with E-state index in [-0.39, 0.29) is 5.91 Å². The fourth-order valence-electron chi connectivity index (χ4n) is 3.42. The molecule has 3 N–H and O–H groups in total. The van der Waals surface area contributed by atoms with Crippen LogP contribution in [0.3, 0.4) is 0 Å². The van der Waals surface area contributed by atoms with Gasteiger partial charge < -0.3 is 16.0 Å². The van der Waals surface area contributed by atoms with Gasteiger partial charge in [0, 0.05) is 24.8 Å². The van der Waals surface area contributed by atoms with E-state index in [1.807, 2.05) is 13.1 Å². The lowest BCUT2D eigenvalue weighted by molar-refractivity contribution is 0.100. The number of aromatic nitrogens is 1. The maximum atomic E-state index is 11.8. The summed E-state index contributed by atoms with van der Waals surface area (Å²) < 4.78 is 0. The molecule has 1 unspecified atom stereocenters. The van der Waals surface area contributed by atoms with Gasteiger partial charge in [0.2, 0.25) is 0 Å². The quantitative estimate of drug-likeness (QED) is 0.854. The molecule has 0 radical (unpaired) electrons. The number of primary amides is 1. The summed E-state index contributed by atoms with van der Waals surface area (Å²) in [6.45, 7) is 1.87. The van der Waals surface area contributed by atoms with E-state index >= 15 is 0 Å². The Morgan fingerprint density at radius 2 is 2.35 bits per heavy atom. The van der Waals surface area contributed by atoms with Crippen LogP contribution < -0.4 is 16.0 Å². The van der Waals surface area contributed by atoms with Gasteiger partial charge in [-0.25, -0.2) is 4.98 Å². The predicted molar refractivity (Wildman–Crippen MR) is 79.1 cm³/mol. The molecule has 2 aliphatic rings. The van der Waals surface area contributed by atoms with Gasteiger partial charge in [-0.1, -0.05) is 0 Å². The van der Waals surface area contributed by atoms with Gasteiger partial charge in [0.25, 0.3) is 5.91 Å². The molecule has 1 aliphatic heterocycles. The van der Waals surface area contributed by atoms with E-state index in [4.69, 9.17) is 10.7 Å². The minimum atomic E-state index is -0.364. The summed E-state index contributed by atoms with van der Waals surface area (Å²) in [5.41, 5.74) is 8.52. The molecule has 1 aromatic heterocycles. The smallest absolute Gasteiger partial charge is 0.252 e. The molecule has 0 spiro atoms. The van der Waals surface area contributed by atoms with Crippen LogP contribution in [0.2, 0.25) is 0 Å². The second kappa shape index (κ2) is 5.40. The van der Waals surface area contributed by atoms with Crippen molar-refractivity contribution in [2.24, 2.45) is 5.73 Å². The number of likely N-dealkylation sites (N-methyl/N-ethyl adjacent to an activating group) is 1. The van der Waals surface area contributed by atoms with E-state index in [2.05, 4.69) is 10.2 Å². The number of carbonyl (C=O) groups is 1. The number of aryl methyl sites for hydroxylation is 2. The number of hydrogen-bond donors (Lipinski definition) is 2. The zero-order valence-electron chi connectivity index (χ0n) is 12.0. The molecule has 0 bridgehead atoms. The van der Waals surface area contributed by atoms with Crippen LogP contribution in [0.25, 0.3) is 0 Å². The predicted octanol–water partition coefficient (Wildman–Crippen LogP) is 0.857. The molecule has 2 heterocycles. The molecule has 108 valence electrons. The highest BCUT2D eigenvalue weighted by Crippen LogP contribution is 2.31. The number of nitrogens with one attached hydrogen (secondary N) is 1. The topological polar surface area (TPSA) is 71.2 Å². The number of carbonyl (C=O) groups excluding carboxylic acids is 1. The molecule has 3 rings (SSSR count). The van der Waals surface area contributed by atoms with Gasteiger partial charge in [-0.05, 0) is 50.8 Å². The van der Waals surface area contributed by atoms with E-state index < -0.39 is 0 Å². The van der Waals surface area contributed by atoms with Crippen molar-refractivity contribution >= 4 is 11.7 Å². The van der Waals surface area contributed by atoms with E-state index in [0.29, 0.717) is 11.6 Å². The summed E-state index contributed by atoms with van der Waals surface area (Å²) in [5.74, 6) is 0.438. The summed E-state index contributed by atoms with van der Waals surface area (Å²) in [6, 6.07) is 2.38. The van der Waals surface area contributed by atoms with Crippen molar-refractivity contribution in [2.45, 2.75) is 38.1 Å². The fraction of sp³-hybridized carbons (Fsp3) is 0.600. The van der Waals surface area contributed by atoms with Crippen molar-refractivity contribution in [3.8, 4) is 0 Å². The molecule has 20 heavy (non-hydrogen) atoms. The summed E-state index contributed by atoms with van der Waals surface area (Å²) in [5, 5.41) is 3.22. The minimum Gasteiger partial charge on any atom is -0.365 e. The summed E-state index contributed by atoms with van der Waals surface area (Å²) >= 11 is 0. The number of rotatable bonds is 4. The first-order chi connectivity index (χ1) is 9.70. The SMILES string of the molecule is CNCC1CCCN1c1nc2c(cc1C(N)=O)CCC2. The van der Waals surface area contributed by atoms with E-state index in [9.17, 15) is 4.79 Å². The van der Waals surface area contributed by atoms with Crippen molar-refractivity contribution < 1.29 is 4.79 Å². The van der Waals surface area contributed by atoms with Crippen molar-refractivity contribution in [1.82, 2.24) is 10.3 Å². The van der Waals surface area contributed by atoms with Crippen LogP contribution >= 0.6 is 0 Å². The highest BCUT2D eigenvalue weighted by atomic mass is 16.1. The summed E-state index contributed by atoms with van der Waals surface area (Å²) in [6.07, 6.45) is 5.44. The Hall–Kier alpha value is -1.62. The Balaban J connectivity index is 2.01. The molecule has 5 heteroatoms. The second-order valence-electron chi connectivity index (χ2n) is 5.73. The van der Waals surface area contributed by atoms with Crippen LogP contribution in [0.4, 0.5) is 5.82 Å². The highest BCUT2D eigenvalue weighted by Gasteiger charge is 2.29. The average Bonchev–Trinajstić information content (AvgIpc) is 3.05. The molecule has 1 fully saturated rings. The molecule has 1 saturated heterocycles. The van der Waals surface area contributed by atoms with E-state index in [1.165, 1.54) is 5.56 Å². The molecule has 1 aliphatic carbocycles. The van der Waals surface area contributed by atoms with Gasteiger partial charge in [-0.3, -0.25) is 4.79 Å². The van der Waals surface area contributed by atoms with Crippen molar-refractivity contribution in [3.05, 3.63) is 22.9 Å². The van der Waals surface area contributed by atoms with E-state index in [1.54, 1.807) is 0 Å². The van der Waals surface area contributed by atoms with Gasteiger partial charge in [0.1, 0.15) is 5.82 Å². The van der Waals surface area contributed by atoms with Crippen LogP contribution in [-0.2, 0) is 12.8 Å². The number of hydrogen-bond acceptors (Lipinski definition) is 4. The van der Waals surface area contributed by atoms with Crippen molar-refractivity contribution in [3.63, 3.8) is 0 Å². The van der Waals surface area contributed by atoms with Gasteiger partial charge in [-0.2, -0.15) is 0 Å². The molecular weight excluding hydrogens is 252 g/mol. The average molecular weight is 274 g/mol. The third kappa shape index (κ3) is 2.26. The maximum absolute atomic E-state index is 11.8. The first kappa shape index (κ1) is 13.4. The van der Waals surface area contributed by atoms with Crippen LogP contribution in [0.1, 0.15) is 40.9 Å². The van der Waals surface area contributed by atoms with Crippen molar-refractivity contribution in [2.75, 3.05) is 25.0 Å². The molecule has 1 aromatic rings. The van der Waals surface area contributed by atoms with E-state index in [0.717, 1.165) is 56.7 Å². The number of nitrogens with two attached hydrogens (primary N) is 1. The minimum absolute atomic E-state index is 0.364. The third-order valence-corrected chi connectivity index (χ3v) is 4.39. The zero-order valence-corrected chi connectivity index (χ0v) is 12.0.